The molecule has 1 aliphatic heterocycles. The highest BCUT2D eigenvalue weighted by atomic mass is 32.2. The van der Waals surface area contributed by atoms with E-state index in [9.17, 15) is 9.59 Å². The van der Waals surface area contributed by atoms with Crippen molar-refractivity contribution in [2.75, 3.05) is 27.4 Å². The highest BCUT2D eigenvalue weighted by Gasteiger charge is 2.32. The lowest BCUT2D eigenvalue weighted by molar-refractivity contribution is -0.122. The molecule has 0 aliphatic carbocycles. The van der Waals surface area contributed by atoms with Crippen molar-refractivity contribution in [2.45, 2.75) is 13.8 Å². The molecule has 1 heterocycles. The first-order valence-electron chi connectivity index (χ1n) is 9.80. The number of amides is 1. The lowest BCUT2D eigenvalue weighted by atomic mass is 10.1. The third-order valence-electron chi connectivity index (χ3n) is 4.51. The summed E-state index contributed by atoms with van der Waals surface area (Å²) < 4.78 is 15.9. The van der Waals surface area contributed by atoms with E-state index in [2.05, 4.69) is 4.99 Å². The van der Waals surface area contributed by atoms with E-state index >= 15 is 0 Å². The van der Waals surface area contributed by atoms with Crippen LogP contribution in [0.3, 0.4) is 0 Å². The first-order chi connectivity index (χ1) is 15.0. The lowest BCUT2D eigenvalue weighted by Crippen LogP contribution is -2.28. The second kappa shape index (κ2) is 10.2. The van der Waals surface area contributed by atoms with Crippen LogP contribution in [-0.2, 0) is 9.53 Å². The van der Waals surface area contributed by atoms with E-state index in [1.165, 1.54) is 11.8 Å². The minimum atomic E-state index is -0.405. The van der Waals surface area contributed by atoms with Gasteiger partial charge in [0.05, 0.1) is 37.0 Å². The van der Waals surface area contributed by atoms with Gasteiger partial charge in [-0.15, -0.1) is 0 Å². The van der Waals surface area contributed by atoms with Gasteiger partial charge in [-0.25, -0.2) is 9.79 Å². The van der Waals surface area contributed by atoms with Crippen LogP contribution in [0.5, 0.6) is 11.5 Å². The van der Waals surface area contributed by atoms with Crippen LogP contribution in [0.1, 0.15) is 29.8 Å². The van der Waals surface area contributed by atoms with E-state index in [1.807, 2.05) is 19.1 Å². The van der Waals surface area contributed by atoms with Crippen molar-refractivity contribution < 1.29 is 23.8 Å². The van der Waals surface area contributed by atoms with Gasteiger partial charge in [0, 0.05) is 12.1 Å². The largest absolute Gasteiger partial charge is 0.493 e. The summed E-state index contributed by atoms with van der Waals surface area (Å²) in [6.07, 6.45) is 1.77. The summed E-state index contributed by atoms with van der Waals surface area (Å²) in [6.45, 7) is 4.41. The number of thioether (sulfide) groups is 1. The van der Waals surface area contributed by atoms with E-state index in [0.717, 1.165) is 5.56 Å². The summed E-state index contributed by atoms with van der Waals surface area (Å²) in [6, 6.07) is 12.3. The van der Waals surface area contributed by atoms with Gasteiger partial charge >= 0.3 is 5.97 Å². The molecule has 1 saturated heterocycles. The predicted octanol–water partition coefficient (Wildman–Crippen LogP) is 4.50. The van der Waals surface area contributed by atoms with Crippen molar-refractivity contribution in [3.8, 4) is 11.5 Å². The predicted molar refractivity (Wildman–Crippen MR) is 122 cm³/mol. The molecule has 2 aromatic carbocycles. The normalized spacial score (nSPS) is 16.1. The van der Waals surface area contributed by atoms with Gasteiger partial charge in [0.25, 0.3) is 5.91 Å². The summed E-state index contributed by atoms with van der Waals surface area (Å²) in [5.41, 5.74) is 1.72. The minimum Gasteiger partial charge on any atom is -0.493 e. The minimum absolute atomic E-state index is 0.141. The molecule has 0 bridgehead atoms. The molecule has 0 spiro atoms. The Labute approximate surface area is 185 Å². The zero-order chi connectivity index (χ0) is 22.4. The Bertz CT molecular complexity index is 1050. The van der Waals surface area contributed by atoms with Gasteiger partial charge in [-0.3, -0.25) is 9.69 Å². The number of carbonyl (C=O) groups excluding carboxylic acids is 2. The van der Waals surface area contributed by atoms with Crippen molar-refractivity contribution in [3.63, 3.8) is 0 Å². The molecule has 8 heteroatoms. The molecule has 162 valence electrons. The number of ether oxygens (including phenoxy) is 3. The number of carbonyl (C=O) groups is 2. The molecule has 31 heavy (non-hydrogen) atoms. The molecular weight excluding hydrogens is 416 g/mol. The van der Waals surface area contributed by atoms with Crippen LogP contribution < -0.4 is 9.47 Å². The van der Waals surface area contributed by atoms with E-state index < -0.39 is 5.97 Å². The molecule has 0 aromatic heterocycles. The van der Waals surface area contributed by atoms with Gasteiger partial charge in [0.15, 0.2) is 16.7 Å². The maximum atomic E-state index is 13.0. The van der Waals surface area contributed by atoms with Crippen LogP contribution in [0.25, 0.3) is 6.08 Å². The second-order valence-corrected chi connectivity index (χ2v) is 7.42. The average Bonchev–Trinajstić information content (AvgIpc) is 3.07. The van der Waals surface area contributed by atoms with Crippen LogP contribution >= 0.6 is 11.8 Å². The number of amidine groups is 1. The number of esters is 1. The van der Waals surface area contributed by atoms with Gasteiger partial charge in [0.2, 0.25) is 0 Å². The van der Waals surface area contributed by atoms with Gasteiger partial charge in [-0.2, -0.15) is 0 Å². The van der Waals surface area contributed by atoms with E-state index in [4.69, 9.17) is 14.2 Å². The third kappa shape index (κ3) is 4.91. The molecule has 0 saturated carbocycles. The summed E-state index contributed by atoms with van der Waals surface area (Å²) >= 11 is 1.27. The Balaban J connectivity index is 1.95. The van der Waals surface area contributed by atoms with Crippen LogP contribution in [0.15, 0.2) is 52.4 Å². The molecule has 3 rings (SSSR count). The Morgan fingerprint density at radius 1 is 1.13 bits per heavy atom. The van der Waals surface area contributed by atoms with Crippen LogP contribution in [0, 0.1) is 0 Å². The molecule has 0 unspecified atom stereocenters. The SMILES string of the molecule is CCOC(=O)c1cccc(N=C2SC(=Cc3cccc(OC)c3OC)C(=O)N2CC)c1. The number of benzene rings is 2. The molecule has 0 radical (unpaired) electrons. The number of hydrogen-bond acceptors (Lipinski definition) is 7. The molecule has 0 N–H and O–H groups in total. The fraction of sp³-hybridized carbons (Fsp3) is 0.261. The van der Waals surface area contributed by atoms with Gasteiger partial charge in [-0.05, 0) is 56.0 Å². The number of likely N-dealkylation sites (N-methyl/N-ethyl adjacent to an activating group) is 1. The quantitative estimate of drug-likeness (QED) is 0.466. The Hall–Kier alpha value is -3.26. The third-order valence-corrected chi connectivity index (χ3v) is 5.51. The number of para-hydroxylation sites is 1. The molecule has 2 aromatic rings. The standard InChI is InChI=1S/C23H24N2O5S/c1-5-25-21(26)19(14-15-9-8-12-18(28-3)20(15)29-4)31-23(25)24-17-11-7-10-16(13-17)22(27)30-6-2/h7-14H,5-6H2,1-4H3. The van der Waals surface area contributed by atoms with E-state index in [0.29, 0.717) is 46.0 Å². The monoisotopic (exact) mass is 440 g/mol. The zero-order valence-electron chi connectivity index (χ0n) is 17.9. The zero-order valence-corrected chi connectivity index (χ0v) is 18.7. The van der Waals surface area contributed by atoms with Gasteiger partial charge < -0.3 is 14.2 Å². The lowest BCUT2D eigenvalue weighted by Gasteiger charge is -2.12. The highest BCUT2D eigenvalue weighted by Crippen LogP contribution is 2.38. The molecule has 1 amide bonds. The van der Waals surface area contributed by atoms with Crippen molar-refractivity contribution >= 4 is 40.6 Å². The number of methoxy groups -OCH3 is 2. The molecule has 7 nitrogen and oxygen atoms in total. The summed E-state index contributed by atoms with van der Waals surface area (Å²) in [5, 5.41) is 0.543. The molecule has 1 aliphatic rings. The molecule has 0 atom stereocenters. The van der Waals surface area contributed by atoms with Crippen LogP contribution in [0.2, 0.25) is 0 Å². The summed E-state index contributed by atoms with van der Waals surface area (Å²) in [7, 11) is 3.13. The number of rotatable bonds is 7. The first kappa shape index (κ1) is 22.4. The molecule has 1 fully saturated rings. The highest BCUT2D eigenvalue weighted by molar-refractivity contribution is 8.18. The first-order valence-corrected chi connectivity index (χ1v) is 10.6. The van der Waals surface area contributed by atoms with Crippen LogP contribution in [-0.4, -0.2) is 49.3 Å². The van der Waals surface area contributed by atoms with Crippen molar-refractivity contribution in [2.24, 2.45) is 4.99 Å². The van der Waals surface area contributed by atoms with Crippen molar-refractivity contribution in [3.05, 3.63) is 58.5 Å². The Morgan fingerprint density at radius 2 is 1.90 bits per heavy atom. The smallest absolute Gasteiger partial charge is 0.338 e. The molecular formula is C23H24N2O5S. The average molecular weight is 441 g/mol. The maximum Gasteiger partial charge on any atom is 0.338 e. The van der Waals surface area contributed by atoms with Crippen molar-refractivity contribution in [1.82, 2.24) is 4.90 Å². The van der Waals surface area contributed by atoms with E-state index in [-0.39, 0.29) is 5.91 Å². The van der Waals surface area contributed by atoms with Crippen molar-refractivity contribution in [1.29, 1.82) is 0 Å². The Kier molecular flexibility index (Phi) is 7.36. The number of aliphatic imine (C=N–C) groups is 1. The van der Waals surface area contributed by atoms with Gasteiger partial charge in [-0.1, -0.05) is 18.2 Å². The number of hydrogen-bond donors (Lipinski definition) is 0. The fourth-order valence-electron chi connectivity index (χ4n) is 3.06. The maximum absolute atomic E-state index is 13.0. The number of nitrogens with zero attached hydrogens (tertiary/aromatic N) is 2. The topological polar surface area (TPSA) is 77.4 Å². The fourth-order valence-corrected chi connectivity index (χ4v) is 4.12. The second-order valence-electron chi connectivity index (χ2n) is 6.41. The summed E-state index contributed by atoms with van der Waals surface area (Å²) in [5.74, 6) is 0.598. The van der Waals surface area contributed by atoms with Gasteiger partial charge in [0.1, 0.15) is 0 Å². The van der Waals surface area contributed by atoms with E-state index in [1.54, 1.807) is 62.5 Å². The summed E-state index contributed by atoms with van der Waals surface area (Å²) in [4.78, 5) is 31.7. The van der Waals surface area contributed by atoms with Crippen LogP contribution in [0.4, 0.5) is 5.69 Å². The Morgan fingerprint density at radius 3 is 2.58 bits per heavy atom.